The van der Waals surface area contributed by atoms with Crippen molar-refractivity contribution in [1.82, 2.24) is 25.0 Å². The molecule has 0 bridgehead atoms. The molecule has 0 aliphatic heterocycles. The maximum atomic E-state index is 12.1. The van der Waals surface area contributed by atoms with Gasteiger partial charge in [-0.3, -0.25) is 9.69 Å². The maximum absolute atomic E-state index is 12.1. The van der Waals surface area contributed by atoms with E-state index in [2.05, 4.69) is 45.5 Å². The lowest BCUT2D eigenvalue weighted by molar-refractivity contribution is -0.122. The molecule has 1 aromatic carbocycles. The minimum atomic E-state index is -0.0547. The van der Waals surface area contributed by atoms with E-state index in [1.807, 2.05) is 6.07 Å². The van der Waals surface area contributed by atoms with Gasteiger partial charge in [0.25, 0.3) is 0 Å². The minimum absolute atomic E-state index is 0.0547. The summed E-state index contributed by atoms with van der Waals surface area (Å²) in [6, 6.07) is 9.05. The Balaban J connectivity index is 1.55. The molecule has 1 aliphatic rings. The molecule has 6 nitrogen and oxygen atoms in total. The normalized spacial score (nSPS) is 15.4. The first-order valence-corrected chi connectivity index (χ1v) is 9.08. The summed E-state index contributed by atoms with van der Waals surface area (Å²) >= 11 is 0. The van der Waals surface area contributed by atoms with E-state index in [0.717, 1.165) is 6.54 Å². The van der Waals surface area contributed by atoms with Crippen molar-refractivity contribution in [2.24, 2.45) is 0 Å². The third-order valence-electron chi connectivity index (χ3n) is 4.98. The third kappa shape index (κ3) is 5.13. The van der Waals surface area contributed by atoms with Gasteiger partial charge in [0.2, 0.25) is 5.91 Å². The van der Waals surface area contributed by atoms with E-state index in [0.29, 0.717) is 12.6 Å². The van der Waals surface area contributed by atoms with E-state index in [-0.39, 0.29) is 12.5 Å². The Kier molecular flexibility index (Phi) is 6.17. The van der Waals surface area contributed by atoms with Crippen molar-refractivity contribution in [2.45, 2.75) is 57.8 Å². The van der Waals surface area contributed by atoms with Gasteiger partial charge in [-0.05, 0) is 31.0 Å². The monoisotopic (exact) mass is 341 g/mol. The number of nitrogens with one attached hydrogen (secondary N) is 1. The summed E-state index contributed by atoms with van der Waals surface area (Å²) in [5, 5.41) is 6.94. The lowest BCUT2D eigenvalue weighted by atomic mass is 9.94. The predicted octanol–water partition coefficient (Wildman–Crippen LogP) is 2.36. The Bertz CT molecular complexity index is 664. The van der Waals surface area contributed by atoms with E-state index < -0.39 is 0 Å². The smallest absolute Gasteiger partial charge is 0.242 e. The average Bonchev–Trinajstić information content (AvgIpc) is 3.14. The molecule has 25 heavy (non-hydrogen) atoms. The van der Waals surface area contributed by atoms with Crippen LogP contribution in [0.2, 0.25) is 0 Å². The Morgan fingerprint density at radius 1 is 1.24 bits per heavy atom. The highest BCUT2D eigenvalue weighted by molar-refractivity contribution is 5.75. The highest BCUT2D eigenvalue weighted by Crippen LogP contribution is 2.23. The summed E-state index contributed by atoms with van der Waals surface area (Å²) in [7, 11) is 2.22. The first-order chi connectivity index (χ1) is 12.2. The number of aromatic nitrogens is 3. The quantitative estimate of drug-likeness (QED) is 0.840. The van der Waals surface area contributed by atoms with Gasteiger partial charge in [0.05, 0.1) is 0 Å². The van der Waals surface area contributed by atoms with Gasteiger partial charge in [-0.2, -0.15) is 5.10 Å². The molecule has 1 aromatic heterocycles. The second-order valence-electron chi connectivity index (χ2n) is 6.85. The molecule has 1 saturated carbocycles. The van der Waals surface area contributed by atoms with Gasteiger partial charge in [-0.25, -0.2) is 9.67 Å². The topological polar surface area (TPSA) is 63.1 Å². The molecular weight excluding hydrogens is 314 g/mol. The van der Waals surface area contributed by atoms with E-state index in [1.165, 1.54) is 54.2 Å². The molecular formula is C19H27N5O. The second kappa shape index (κ2) is 8.76. The summed E-state index contributed by atoms with van der Waals surface area (Å²) in [4.78, 5) is 18.4. The average molecular weight is 341 g/mol. The molecule has 0 atom stereocenters. The number of rotatable bonds is 7. The van der Waals surface area contributed by atoms with Crippen LogP contribution in [-0.2, 0) is 24.4 Å². The van der Waals surface area contributed by atoms with Crippen molar-refractivity contribution in [3.05, 3.63) is 48.0 Å². The standard InChI is InChI=1S/C19H27N5O/c1-23(18-9-3-2-4-10-18)12-17-8-6-5-7-16(17)11-21-19(25)13-24-15-20-14-22-24/h5-8,14-15,18H,2-4,9-13H2,1H3,(H,21,25). The van der Waals surface area contributed by atoms with Crippen LogP contribution in [-0.4, -0.2) is 38.7 Å². The van der Waals surface area contributed by atoms with Gasteiger partial charge in [-0.1, -0.05) is 43.5 Å². The lowest BCUT2D eigenvalue weighted by Gasteiger charge is -2.31. The van der Waals surface area contributed by atoms with Gasteiger partial charge < -0.3 is 5.32 Å². The number of carbonyl (C=O) groups excluding carboxylic acids is 1. The Morgan fingerprint density at radius 3 is 2.72 bits per heavy atom. The fraction of sp³-hybridized carbons (Fsp3) is 0.526. The first-order valence-electron chi connectivity index (χ1n) is 9.08. The molecule has 1 amide bonds. The number of hydrogen-bond acceptors (Lipinski definition) is 4. The van der Waals surface area contributed by atoms with Crippen LogP contribution >= 0.6 is 0 Å². The van der Waals surface area contributed by atoms with Crippen molar-refractivity contribution in [1.29, 1.82) is 0 Å². The summed E-state index contributed by atoms with van der Waals surface area (Å²) < 4.78 is 1.53. The van der Waals surface area contributed by atoms with Gasteiger partial charge in [0.15, 0.2) is 0 Å². The van der Waals surface area contributed by atoms with E-state index in [9.17, 15) is 4.79 Å². The lowest BCUT2D eigenvalue weighted by Crippen LogP contribution is -2.33. The molecule has 6 heteroatoms. The molecule has 134 valence electrons. The van der Waals surface area contributed by atoms with Crippen LogP contribution in [0.15, 0.2) is 36.9 Å². The molecule has 3 rings (SSSR count). The molecule has 0 unspecified atom stereocenters. The van der Waals surface area contributed by atoms with Crippen LogP contribution in [0, 0.1) is 0 Å². The van der Waals surface area contributed by atoms with Crippen molar-refractivity contribution < 1.29 is 4.79 Å². The van der Waals surface area contributed by atoms with Crippen LogP contribution in [0.5, 0.6) is 0 Å². The first kappa shape index (κ1) is 17.6. The number of amides is 1. The van der Waals surface area contributed by atoms with Crippen LogP contribution in [0.1, 0.15) is 43.2 Å². The second-order valence-corrected chi connectivity index (χ2v) is 6.85. The molecule has 0 spiro atoms. The molecule has 0 radical (unpaired) electrons. The Morgan fingerprint density at radius 2 is 2.00 bits per heavy atom. The molecule has 1 fully saturated rings. The maximum Gasteiger partial charge on any atom is 0.242 e. The van der Waals surface area contributed by atoms with Gasteiger partial charge in [0, 0.05) is 19.1 Å². The van der Waals surface area contributed by atoms with Crippen molar-refractivity contribution in [2.75, 3.05) is 7.05 Å². The number of nitrogens with zero attached hydrogens (tertiary/aromatic N) is 4. The SMILES string of the molecule is CN(Cc1ccccc1CNC(=O)Cn1cncn1)C1CCCCC1. The van der Waals surface area contributed by atoms with Gasteiger partial charge in [0.1, 0.15) is 19.2 Å². The van der Waals surface area contributed by atoms with Gasteiger partial charge in [-0.15, -0.1) is 0 Å². The highest BCUT2D eigenvalue weighted by Gasteiger charge is 2.18. The van der Waals surface area contributed by atoms with E-state index in [1.54, 1.807) is 6.33 Å². The van der Waals surface area contributed by atoms with Crippen LogP contribution in [0.4, 0.5) is 0 Å². The largest absolute Gasteiger partial charge is 0.350 e. The number of carbonyl (C=O) groups is 1. The minimum Gasteiger partial charge on any atom is -0.350 e. The van der Waals surface area contributed by atoms with Crippen LogP contribution in [0.25, 0.3) is 0 Å². The molecule has 1 heterocycles. The van der Waals surface area contributed by atoms with Crippen molar-refractivity contribution >= 4 is 5.91 Å². The summed E-state index contributed by atoms with van der Waals surface area (Å²) in [5.74, 6) is -0.0547. The molecule has 1 N–H and O–H groups in total. The van der Waals surface area contributed by atoms with Gasteiger partial charge >= 0.3 is 0 Å². The zero-order valence-electron chi connectivity index (χ0n) is 14.9. The fourth-order valence-electron chi connectivity index (χ4n) is 3.52. The third-order valence-corrected chi connectivity index (χ3v) is 4.98. The van der Waals surface area contributed by atoms with E-state index >= 15 is 0 Å². The summed E-state index contributed by atoms with van der Waals surface area (Å²) in [6.07, 6.45) is 9.64. The van der Waals surface area contributed by atoms with E-state index in [4.69, 9.17) is 0 Å². The fourth-order valence-corrected chi connectivity index (χ4v) is 3.52. The zero-order chi connectivity index (χ0) is 17.5. The zero-order valence-corrected chi connectivity index (χ0v) is 14.9. The predicted molar refractivity (Wildman–Crippen MR) is 96.7 cm³/mol. The molecule has 0 saturated heterocycles. The highest BCUT2D eigenvalue weighted by atomic mass is 16.2. The number of benzene rings is 1. The van der Waals surface area contributed by atoms with Crippen LogP contribution in [0.3, 0.4) is 0 Å². The molecule has 2 aromatic rings. The summed E-state index contributed by atoms with van der Waals surface area (Å²) in [6.45, 7) is 1.67. The molecule has 1 aliphatic carbocycles. The van der Waals surface area contributed by atoms with Crippen molar-refractivity contribution in [3.8, 4) is 0 Å². The Hall–Kier alpha value is -2.21. The van der Waals surface area contributed by atoms with Crippen LogP contribution < -0.4 is 5.32 Å². The summed E-state index contributed by atoms with van der Waals surface area (Å²) in [5.41, 5.74) is 2.47. The van der Waals surface area contributed by atoms with Crippen molar-refractivity contribution in [3.63, 3.8) is 0 Å². The number of hydrogen-bond donors (Lipinski definition) is 1. The Labute approximate surface area is 149 Å².